The largest absolute Gasteiger partial charge is 0.391 e. The molecule has 0 bridgehead atoms. The Balaban J connectivity index is 1.32. The van der Waals surface area contributed by atoms with E-state index in [1.54, 1.807) is 24.3 Å². The summed E-state index contributed by atoms with van der Waals surface area (Å²) in [5, 5.41) is 0. The highest BCUT2D eigenvalue weighted by Gasteiger charge is 2.43. The Bertz CT molecular complexity index is 957. The van der Waals surface area contributed by atoms with E-state index in [2.05, 4.69) is 13.8 Å². The van der Waals surface area contributed by atoms with Gasteiger partial charge in [0, 0.05) is 0 Å². The first kappa shape index (κ1) is 27.2. The van der Waals surface area contributed by atoms with Gasteiger partial charge in [-0.05, 0) is 90.5 Å². The van der Waals surface area contributed by atoms with Gasteiger partial charge in [-0.1, -0.05) is 75.9 Å². The van der Waals surface area contributed by atoms with Gasteiger partial charge in [-0.25, -0.2) is 8.78 Å². The van der Waals surface area contributed by atoms with Crippen molar-refractivity contribution in [1.82, 2.24) is 0 Å². The lowest BCUT2D eigenvalue weighted by molar-refractivity contribution is -0.282. The normalized spacial score (nSPS) is 26.1. The topological polar surface area (TPSA) is 9.23 Å². The van der Waals surface area contributed by atoms with Crippen molar-refractivity contribution in [3.63, 3.8) is 0 Å². The maximum atomic E-state index is 14.8. The summed E-state index contributed by atoms with van der Waals surface area (Å²) < 4.78 is 63.3. The molecule has 0 heterocycles. The molecule has 0 spiro atoms. The summed E-state index contributed by atoms with van der Waals surface area (Å²) in [4.78, 5) is 0. The van der Waals surface area contributed by atoms with Crippen LogP contribution in [0.1, 0.15) is 118 Å². The van der Waals surface area contributed by atoms with Crippen LogP contribution in [0.4, 0.5) is 17.6 Å². The van der Waals surface area contributed by atoms with E-state index in [-0.39, 0.29) is 17.0 Å². The summed E-state index contributed by atoms with van der Waals surface area (Å²) in [6.07, 6.45) is 4.48. The number of ether oxygens (including phenoxy) is 1. The third-order valence-electron chi connectivity index (χ3n) is 8.49. The molecule has 2 aliphatic rings. The van der Waals surface area contributed by atoms with E-state index in [0.29, 0.717) is 17.4 Å². The number of alkyl halides is 3. The Hall–Kier alpha value is -1.88. The molecule has 198 valence electrons. The van der Waals surface area contributed by atoms with E-state index in [9.17, 15) is 17.6 Å². The molecule has 5 heteroatoms. The maximum Gasteiger partial charge on any atom is 0.391 e. The summed E-state index contributed by atoms with van der Waals surface area (Å²) in [5.41, 5.74) is 1.91. The Kier molecular flexibility index (Phi) is 9.14. The quantitative estimate of drug-likeness (QED) is 0.309. The summed E-state index contributed by atoms with van der Waals surface area (Å²) in [7, 11) is 0. The van der Waals surface area contributed by atoms with Crippen LogP contribution in [0.15, 0.2) is 42.5 Å². The van der Waals surface area contributed by atoms with Crippen LogP contribution in [0.2, 0.25) is 0 Å². The molecule has 2 aromatic rings. The van der Waals surface area contributed by atoms with Crippen LogP contribution in [0, 0.1) is 17.7 Å². The first-order valence-corrected chi connectivity index (χ1v) is 13.8. The lowest BCUT2D eigenvalue weighted by Gasteiger charge is -2.29. The monoisotopic (exact) mass is 504 g/mol. The molecule has 1 atom stereocenters. The molecule has 2 fully saturated rings. The fraction of sp³-hybridized carbons (Fsp3) is 0.613. The number of benzene rings is 2. The SMILES string of the molecule is CCCC1CCC(c2ccc(C(F)C(F)(F)OCc3ccc(C4CCC(C)CC4)c(F)c3)cc2)CC1. The van der Waals surface area contributed by atoms with Gasteiger partial charge < -0.3 is 4.74 Å². The molecule has 2 aliphatic carbocycles. The van der Waals surface area contributed by atoms with Crippen molar-refractivity contribution in [3.8, 4) is 0 Å². The van der Waals surface area contributed by atoms with Crippen LogP contribution >= 0.6 is 0 Å². The van der Waals surface area contributed by atoms with Crippen molar-refractivity contribution in [2.45, 2.75) is 109 Å². The molecule has 0 aromatic heterocycles. The van der Waals surface area contributed by atoms with Crippen LogP contribution in [-0.4, -0.2) is 6.11 Å². The third kappa shape index (κ3) is 6.70. The van der Waals surface area contributed by atoms with Crippen molar-refractivity contribution in [3.05, 3.63) is 70.5 Å². The van der Waals surface area contributed by atoms with Crippen LogP contribution in [0.25, 0.3) is 0 Å². The summed E-state index contributed by atoms with van der Waals surface area (Å²) in [6.45, 7) is 3.87. The van der Waals surface area contributed by atoms with Crippen molar-refractivity contribution < 1.29 is 22.3 Å². The van der Waals surface area contributed by atoms with Crippen LogP contribution in [0.5, 0.6) is 0 Å². The van der Waals surface area contributed by atoms with Crippen molar-refractivity contribution in [2.75, 3.05) is 0 Å². The van der Waals surface area contributed by atoms with Gasteiger partial charge in [-0.15, -0.1) is 0 Å². The van der Waals surface area contributed by atoms with Crippen LogP contribution in [-0.2, 0) is 11.3 Å². The summed E-state index contributed by atoms with van der Waals surface area (Å²) in [6, 6.07) is 11.0. The van der Waals surface area contributed by atoms with Gasteiger partial charge in [0.05, 0.1) is 6.61 Å². The Morgan fingerprint density at radius 3 is 2.14 bits per heavy atom. The van der Waals surface area contributed by atoms with Crippen molar-refractivity contribution in [1.29, 1.82) is 0 Å². The number of hydrogen-bond acceptors (Lipinski definition) is 1. The number of hydrogen-bond donors (Lipinski definition) is 0. The standard InChI is InChI=1S/C31H40F4O/c1-3-4-22-7-12-24(13-8-22)25-14-16-27(17-15-25)30(33)31(34,35)36-20-23-9-18-28(29(32)19-23)26-10-5-21(2)6-11-26/h9,14-19,21-22,24,26,30H,3-8,10-13,20H2,1-2H3. The minimum atomic E-state index is -4.01. The van der Waals surface area contributed by atoms with E-state index in [1.807, 2.05) is 0 Å². The fourth-order valence-electron chi connectivity index (χ4n) is 6.14. The number of rotatable bonds is 9. The predicted octanol–water partition coefficient (Wildman–Crippen LogP) is 10.0. The molecule has 2 aromatic carbocycles. The second-order valence-electron chi connectivity index (χ2n) is 11.2. The first-order valence-electron chi connectivity index (χ1n) is 13.8. The van der Waals surface area contributed by atoms with Gasteiger partial charge in [-0.2, -0.15) is 8.78 Å². The van der Waals surface area contributed by atoms with Crippen LogP contribution < -0.4 is 0 Å². The molecule has 0 aliphatic heterocycles. The minimum absolute atomic E-state index is 0.100. The van der Waals surface area contributed by atoms with Crippen molar-refractivity contribution in [2.24, 2.45) is 11.8 Å². The van der Waals surface area contributed by atoms with Gasteiger partial charge in [0.25, 0.3) is 0 Å². The van der Waals surface area contributed by atoms with Gasteiger partial charge in [0.15, 0.2) is 0 Å². The predicted molar refractivity (Wildman–Crippen MR) is 136 cm³/mol. The fourth-order valence-corrected chi connectivity index (χ4v) is 6.14. The van der Waals surface area contributed by atoms with E-state index in [0.717, 1.165) is 50.0 Å². The molecule has 36 heavy (non-hydrogen) atoms. The summed E-state index contributed by atoms with van der Waals surface area (Å²) in [5.74, 6) is 1.64. The summed E-state index contributed by atoms with van der Waals surface area (Å²) >= 11 is 0. The van der Waals surface area contributed by atoms with Gasteiger partial charge in [-0.3, -0.25) is 0 Å². The third-order valence-corrected chi connectivity index (χ3v) is 8.49. The second kappa shape index (κ2) is 12.1. The van der Waals surface area contributed by atoms with E-state index >= 15 is 0 Å². The zero-order valence-corrected chi connectivity index (χ0v) is 21.6. The smallest absolute Gasteiger partial charge is 0.313 e. The Morgan fingerprint density at radius 2 is 1.53 bits per heavy atom. The zero-order valence-electron chi connectivity index (χ0n) is 21.6. The molecule has 4 rings (SSSR count). The van der Waals surface area contributed by atoms with Gasteiger partial charge >= 0.3 is 6.11 Å². The van der Waals surface area contributed by atoms with Crippen molar-refractivity contribution >= 4 is 0 Å². The molecule has 1 nitrogen and oxygen atoms in total. The molecular formula is C31H40F4O. The highest BCUT2D eigenvalue weighted by atomic mass is 19.3. The van der Waals surface area contributed by atoms with Gasteiger partial charge in [0.1, 0.15) is 5.82 Å². The van der Waals surface area contributed by atoms with E-state index < -0.39 is 24.7 Å². The first-order chi connectivity index (χ1) is 17.3. The molecule has 0 amide bonds. The molecule has 2 saturated carbocycles. The van der Waals surface area contributed by atoms with Crippen LogP contribution in [0.3, 0.4) is 0 Å². The second-order valence-corrected chi connectivity index (χ2v) is 11.2. The Morgan fingerprint density at radius 1 is 0.889 bits per heavy atom. The average Bonchev–Trinajstić information content (AvgIpc) is 2.89. The molecule has 0 radical (unpaired) electrons. The zero-order chi connectivity index (χ0) is 25.7. The highest BCUT2D eigenvalue weighted by molar-refractivity contribution is 5.29. The minimum Gasteiger partial charge on any atom is -0.313 e. The Labute approximate surface area is 213 Å². The lowest BCUT2D eigenvalue weighted by Crippen LogP contribution is -2.27. The number of halogens is 4. The molecule has 0 saturated heterocycles. The maximum absolute atomic E-state index is 14.8. The average molecular weight is 505 g/mol. The molecule has 0 N–H and O–H groups in total. The van der Waals surface area contributed by atoms with E-state index in [1.165, 1.54) is 43.9 Å². The lowest BCUT2D eigenvalue weighted by atomic mass is 9.77. The van der Waals surface area contributed by atoms with Gasteiger partial charge in [0.2, 0.25) is 6.17 Å². The highest BCUT2D eigenvalue weighted by Crippen LogP contribution is 2.41. The van der Waals surface area contributed by atoms with E-state index in [4.69, 9.17) is 4.74 Å². The molecule has 1 unspecified atom stereocenters. The molecular weight excluding hydrogens is 464 g/mol.